The summed E-state index contributed by atoms with van der Waals surface area (Å²) in [4.78, 5) is 13.1. The summed E-state index contributed by atoms with van der Waals surface area (Å²) in [7, 11) is 0. The topological polar surface area (TPSA) is 52.9 Å². The van der Waals surface area contributed by atoms with Crippen molar-refractivity contribution in [3.05, 3.63) is 64.2 Å². The SMILES string of the molecule is CC1=NN(c2cccc(C(F)(F)F)c2)C(=O)/C1=C/c1cc(C(C)(C)C)c(O)c(C(C)(C)C)c1. The average molecular weight is 459 g/mol. The van der Waals surface area contributed by atoms with Gasteiger partial charge in [0.1, 0.15) is 5.75 Å². The Labute approximate surface area is 192 Å². The van der Waals surface area contributed by atoms with Gasteiger partial charge in [-0.15, -0.1) is 0 Å². The van der Waals surface area contributed by atoms with Gasteiger partial charge in [-0.05, 0) is 59.7 Å². The van der Waals surface area contributed by atoms with Crippen LogP contribution in [-0.4, -0.2) is 16.7 Å². The summed E-state index contributed by atoms with van der Waals surface area (Å²) in [6, 6.07) is 8.21. The first-order valence-corrected chi connectivity index (χ1v) is 10.7. The Balaban J connectivity index is 2.09. The second-order valence-electron chi connectivity index (χ2n) is 10.4. The van der Waals surface area contributed by atoms with E-state index in [2.05, 4.69) is 5.10 Å². The smallest absolute Gasteiger partial charge is 0.416 e. The third kappa shape index (κ3) is 4.97. The fourth-order valence-corrected chi connectivity index (χ4v) is 3.72. The van der Waals surface area contributed by atoms with Gasteiger partial charge >= 0.3 is 6.18 Å². The number of hydrogen-bond acceptors (Lipinski definition) is 3. The molecule has 2 aromatic carbocycles. The minimum atomic E-state index is -4.52. The summed E-state index contributed by atoms with van der Waals surface area (Å²) in [6.07, 6.45) is -2.84. The second kappa shape index (κ2) is 8.04. The van der Waals surface area contributed by atoms with Gasteiger partial charge < -0.3 is 5.11 Å². The van der Waals surface area contributed by atoms with Crippen LogP contribution in [-0.2, 0) is 21.8 Å². The molecule has 0 saturated carbocycles. The lowest BCUT2D eigenvalue weighted by Crippen LogP contribution is -2.22. The standard InChI is InChI=1S/C26H29F3N2O2/c1-15-19(23(33)31(30-15)18-10-8-9-17(14-18)26(27,28)29)11-16-12-20(24(2,3)4)22(32)21(13-16)25(5,6)7/h8-14,32H,1-7H3/b19-11+. The van der Waals surface area contributed by atoms with E-state index in [-0.39, 0.29) is 27.8 Å². The zero-order valence-corrected chi connectivity index (χ0v) is 19.9. The summed E-state index contributed by atoms with van der Waals surface area (Å²) in [5, 5.41) is 16.1. The molecular weight excluding hydrogens is 429 g/mol. The summed E-state index contributed by atoms with van der Waals surface area (Å²) in [6.45, 7) is 13.6. The molecule has 1 heterocycles. The van der Waals surface area contributed by atoms with E-state index in [0.29, 0.717) is 11.3 Å². The first-order chi connectivity index (χ1) is 15.0. The van der Waals surface area contributed by atoms with Gasteiger partial charge in [-0.3, -0.25) is 4.79 Å². The number of carbonyl (C=O) groups is 1. The highest BCUT2D eigenvalue weighted by atomic mass is 19.4. The number of phenolic OH excluding ortho intramolecular Hbond substituents is 1. The van der Waals surface area contributed by atoms with Crippen molar-refractivity contribution < 1.29 is 23.1 Å². The summed E-state index contributed by atoms with van der Waals surface area (Å²) >= 11 is 0. The fraction of sp³-hybridized carbons (Fsp3) is 0.385. The molecular formula is C26H29F3N2O2. The van der Waals surface area contributed by atoms with Crippen LogP contribution >= 0.6 is 0 Å². The minimum absolute atomic E-state index is 0.0500. The Hall–Kier alpha value is -3.09. The van der Waals surface area contributed by atoms with Gasteiger partial charge in [-0.2, -0.15) is 23.3 Å². The van der Waals surface area contributed by atoms with Gasteiger partial charge in [0.25, 0.3) is 5.91 Å². The lowest BCUT2D eigenvalue weighted by atomic mass is 9.78. The summed E-state index contributed by atoms with van der Waals surface area (Å²) < 4.78 is 39.4. The number of amides is 1. The van der Waals surface area contributed by atoms with Crippen molar-refractivity contribution in [3.8, 4) is 5.75 Å². The lowest BCUT2D eigenvalue weighted by Gasteiger charge is -2.28. The van der Waals surface area contributed by atoms with Crippen LogP contribution in [0.3, 0.4) is 0 Å². The maximum absolute atomic E-state index is 13.1. The number of alkyl halides is 3. The van der Waals surface area contributed by atoms with E-state index in [0.717, 1.165) is 28.3 Å². The van der Waals surface area contributed by atoms with Crippen molar-refractivity contribution in [1.82, 2.24) is 0 Å². The van der Waals surface area contributed by atoms with E-state index in [4.69, 9.17) is 0 Å². The Morgan fingerprint density at radius 2 is 1.48 bits per heavy atom. The van der Waals surface area contributed by atoms with Gasteiger partial charge in [0.2, 0.25) is 0 Å². The predicted molar refractivity (Wildman–Crippen MR) is 126 cm³/mol. The lowest BCUT2D eigenvalue weighted by molar-refractivity contribution is -0.137. The molecule has 0 saturated heterocycles. The Morgan fingerprint density at radius 3 is 1.97 bits per heavy atom. The predicted octanol–water partition coefficient (Wildman–Crippen LogP) is 6.81. The van der Waals surface area contributed by atoms with Gasteiger partial charge in [0.05, 0.1) is 22.5 Å². The molecule has 1 amide bonds. The highest BCUT2D eigenvalue weighted by molar-refractivity contribution is 6.32. The van der Waals surface area contributed by atoms with Crippen LogP contribution < -0.4 is 5.01 Å². The van der Waals surface area contributed by atoms with E-state index < -0.39 is 17.6 Å². The van der Waals surface area contributed by atoms with E-state index in [1.807, 2.05) is 53.7 Å². The molecule has 0 unspecified atom stereocenters. The average Bonchev–Trinajstić information content (AvgIpc) is 2.95. The third-order valence-electron chi connectivity index (χ3n) is 5.54. The van der Waals surface area contributed by atoms with E-state index in [1.54, 1.807) is 13.0 Å². The molecule has 0 spiro atoms. The number of nitrogens with zero attached hydrogens (tertiary/aromatic N) is 2. The third-order valence-corrected chi connectivity index (χ3v) is 5.54. The Bertz CT molecular complexity index is 1130. The number of anilines is 1. The maximum Gasteiger partial charge on any atom is 0.416 e. The number of hydrazone groups is 1. The highest BCUT2D eigenvalue weighted by Crippen LogP contribution is 2.40. The van der Waals surface area contributed by atoms with Crippen LogP contribution in [0, 0.1) is 0 Å². The molecule has 4 nitrogen and oxygen atoms in total. The van der Waals surface area contributed by atoms with Crippen molar-refractivity contribution >= 4 is 23.4 Å². The van der Waals surface area contributed by atoms with Crippen LogP contribution in [0.15, 0.2) is 47.1 Å². The van der Waals surface area contributed by atoms with Crippen LogP contribution in [0.4, 0.5) is 18.9 Å². The van der Waals surface area contributed by atoms with Crippen molar-refractivity contribution in [2.45, 2.75) is 65.5 Å². The van der Waals surface area contributed by atoms with Gasteiger partial charge in [0, 0.05) is 11.1 Å². The first-order valence-electron chi connectivity index (χ1n) is 10.7. The molecule has 1 aliphatic heterocycles. The van der Waals surface area contributed by atoms with Crippen molar-refractivity contribution in [3.63, 3.8) is 0 Å². The highest BCUT2D eigenvalue weighted by Gasteiger charge is 2.34. The summed E-state index contributed by atoms with van der Waals surface area (Å²) in [5.41, 5.74) is 1.42. The van der Waals surface area contributed by atoms with E-state index in [1.165, 1.54) is 12.1 Å². The first kappa shape index (κ1) is 24.6. The summed E-state index contributed by atoms with van der Waals surface area (Å²) in [5.74, 6) is -0.277. The Morgan fingerprint density at radius 1 is 0.939 bits per heavy atom. The van der Waals surface area contributed by atoms with Gasteiger partial charge in [-0.25, -0.2) is 0 Å². The molecule has 3 rings (SSSR count). The number of hydrogen-bond donors (Lipinski definition) is 1. The molecule has 0 radical (unpaired) electrons. The van der Waals surface area contributed by atoms with Crippen LogP contribution in [0.25, 0.3) is 6.08 Å². The molecule has 7 heteroatoms. The molecule has 1 N–H and O–H groups in total. The number of aromatic hydroxyl groups is 1. The van der Waals surface area contributed by atoms with Gasteiger partial charge in [-0.1, -0.05) is 47.6 Å². The van der Waals surface area contributed by atoms with Gasteiger partial charge in [0.15, 0.2) is 0 Å². The van der Waals surface area contributed by atoms with E-state index in [9.17, 15) is 23.1 Å². The van der Waals surface area contributed by atoms with Crippen molar-refractivity contribution in [1.29, 1.82) is 0 Å². The molecule has 2 aromatic rings. The normalized spacial score (nSPS) is 16.5. The fourth-order valence-electron chi connectivity index (χ4n) is 3.72. The molecule has 0 bridgehead atoms. The van der Waals surface area contributed by atoms with Crippen molar-refractivity contribution in [2.24, 2.45) is 5.10 Å². The largest absolute Gasteiger partial charge is 0.507 e. The quantitative estimate of drug-likeness (QED) is 0.503. The number of carbonyl (C=O) groups excluding carboxylic acids is 1. The number of rotatable bonds is 2. The van der Waals surface area contributed by atoms with Crippen LogP contribution in [0.2, 0.25) is 0 Å². The van der Waals surface area contributed by atoms with E-state index >= 15 is 0 Å². The molecule has 0 atom stereocenters. The zero-order chi connectivity index (χ0) is 24.9. The van der Waals surface area contributed by atoms with Crippen LogP contribution in [0.1, 0.15) is 70.7 Å². The minimum Gasteiger partial charge on any atom is -0.507 e. The number of benzene rings is 2. The zero-order valence-electron chi connectivity index (χ0n) is 19.9. The molecule has 0 aromatic heterocycles. The Kier molecular flexibility index (Phi) is 5.98. The number of phenols is 1. The van der Waals surface area contributed by atoms with Crippen molar-refractivity contribution in [2.75, 3.05) is 5.01 Å². The monoisotopic (exact) mass is 458 g/mol. The second-order valence-corrected chi connectivity index (χ2v) is 10.4. The maximum atomic E-state index is 13.1. The molecule has 0 fully saturated rings. The molecule has 176 valence electrons. The molecule has 33 heavy (non-hydrogen) atoms. The number of halogens is 3. The van der Waals surface area contributed by atoms with Crippen LogP contribution in [0.5, 0.6) is 5.75 Å². The molecule has 1 aliphatic rings. The molecule has 0 aliphatic carbocycles.